The Labute approximate surface area is 244 Å². The molecule has 0 spiro atoms. The van der Waals surface area contributed by atoms with Crippen LogP contribution < -0.4 is 0 Å². The Morgan fingerprint density at radius 3 is 2.19 bits per heavy atom. The molecule has 0 saturated heterocycles. The summed E-state index contributed by atoms with van der Waals surface area (Å²) in [5.41, 5.74) is 6.70. The Kier molecular flexibility index (Phi) is 6.49. The molecule has 0 aliphatic carbocycles. The van der Waals surface area contributed by atoms with Gasteiger partial charge in [0.05, 0.1) is 0 Å². The number of aromatic nitrogens is 3. The third kappa shape index (κ3) is 4.59. The minimum absolute atomic E-state index is 0.599. The van der Waals surface area contributed by atoms with Gasteiger partial charge in [0.15, 0.2) is 17.5 Å². The lowest BCUT2D eigenvalue weighted by molar-refractivity contribution is 0.669. The zero-order valence-electron chi connectivity index (χ0n) is 23.2. The maximum atomic E-state index is 6.16. The minimum Gasteiger partial charge on any atom is -0.456 e. The minimum atomic E-state index is 0.599. The van der Waals surface area contributed by atoms with Crippen molar-refractivity contribution in [2.24, 2.45) is 0 Å². The van der Waals surface area contributed by atoms with Crippen molar-refractivity contribution in [2.75, 3.05) is 0 Å². The van der Waals surface area contributed by atoms with Crippen molar-refractivity contribution in [1.82, 2.24) is 15.0 Å². The molecular weight excluding hydrogens is 514 g/mol. The molecule has 200 valence electrons. The second kappa shape index (κ2) is 10.8. The van der Waals surface area contributed by atoms with Crippen LogP contribution in [0.5, 0.6) is 0 Å². The number of hydrogen-bond donors (Lipinski definition) is 0. The van der Waals surface area contributed by atoms with Crippen LogP contribution in [-0.2, 0) is 0 Å². The Morgan fingerprint density at radius 2 is 1.36 bits per heavy atom. The first-order valence-electron chi connectivity index (χ1n) is 13.9. The monoisotopic (exact) mass is 541 g/mol. The van der Waals surface area contributed by atoms with E-state index in [1.807, 2.05) is 73.7 Å². The molecule has 7 aromatic rings. The van der Waals surface area contributed by atoms with Crippen LogP contribution >= 0.6 is 0 Å². The number of benzene rings is 5. The van der Waals surface area contributed by atoms with Crippen LogP contribution in [0.15, 0.2) is 144 Å². The molecule has 0 radical (unpaired) electrons. The molecular formula is C38H27N3O. The third-order valence-electron chi connectivity index (χ3n) is 7.38. The van der Waals surface area contributed by atoms with E-state index in [0.717, 1.165) is 49.8 Å². The molecule has 0 saturated carbocycles. The highest BCUT2D eigenvalue weighted by molar-refractivity contribution is 6.19. The van der Waals surface area contributed by atoms with Gasteiger partial charge >= 0.3 is 0 Å². The van der Waals surface area contributed by atoms with Crippen molar-refractivity contribution < 1.29 is 4.42 Å². The fourth-order valence-corrected chi connectivity index (χ4v) is 5.42. The fraction of sp³-hybridized carbons (Fsp3) is 0.0263. The highest BCUT2D eigenvalue weighted by Crippen LogP contribution is 2.37. The lowest BCUT2D eigenvalue weighted by Crippen LogP contribution is -2.02. The Hall–Kier alpha value is -5.61. The van der Waals surface area contributed by atoms with Gasteiger partial charge in [-0.05, 0) is 53.1 Å². The molecule has 2 aromatic heterocycles. The summed E-state index contributed by atoms with van der Waals surface area (Å²) in [4.78, 5) is 14.7. The molecule has 0 fully saturated rings. The van der Waals surface area contributed by atoms with Gasteiger partial charge in [0.25, 0.3) is 0 Å². The first kappa shape index (κ1) is 25.4. The van der Waals surface area contributed by atoms with E-state index in [9.17, 15) is 0 Å². The molecule has 0 amide bonds. The number of furan rings is 1. The number of allylic oxidation sites excluding steroid dienone is 5. The van der Waals surface area contributed by atoms with E-state index in [1.54, 1.807) is 6.08 Å². The van der Waals surface area contributed by atoms with E-state index >= 15 is 0 Å². The first-order chi connectivity index (χ1) is 20.7. The Bertz CT molecular complexity index is 2170. The Morgan fingerprint density at radius 1 is 0.643 bits per heavy atom. The van der Waals surface area contributed by atoms with Crippen molar-refractivity contribution in [3.63, 3.8) is 0 Å². The summed E-state index contributed by atoms with van der Waals surface area (Å²) >= 11 is 0. The van der Waals surface area contributed by atoms with Crippen molar-refractivity contribution >= 4 is 38.3 Å². The summed E-state index contributed by atoms with van der Waals surface area (Å²) in [6.07, 6.45) is 7.63. The summed E-state index contributed by atoms with van der Waals surface area (Å²) in [5.74, 6) is 1.84. The van der Waals surface area contributed by atoms with Gasteiger partial charge in [-0.2, -0.15) is 0 Å². The van der Waals surface area contributed by atoms with Crippen molar-refractivity contribution in [3.05, 3.63) is 146 Å². The Balaban J connectivity index is 1.38. The molecule has 5 aromatic carbocycles. The van der Waals surface area contributed by atoms with Crippen LogP contribution in [0.4, 0.5) is 0 Å². The molecule has 0 aliphatic heterocycles. The van der Waals surface area contributed by atoms with E-state index in [-0.39, 0.29) is 0 Å². The van der Waals surface area contributed by atoms with Gasteiger partial charge in [0.2, 0.25) is 0 Å². The van der Waals surface area contributed by atoms with Gasteiger partial charge in [-0.3, -0.25) is 0 Å². The quantitative estimate of drug-likeness (QED) is 0.197. The summed E-state index contributed by atoms with van der Waals surface area (Å²) in [5, 5.41) is 4.61. The van der Waals surface area contributed by atoms with Crippen molar-refractivity contribution in [3.8, 4) is 33.9 Å². The zero-order valence-corrected chi connectivity index (χ0v) is 23.2. The van der Waals surface area contributed by atoms with E-state index in [1.165, 1.54) is 10.8 Å². The fourth-order valence-electron chi connectivity index (χ4n) is 5.42. The molecule has 2 heterocycles. The van der Waals surface area contributed by atoms with Crippen molar-refractivity contribution in [1.29, 1.82) is 0 Å². The third-order valence-corrected chi connectivity index (χ3v) is 7.38. The molecule has 0 aliphatic rings. The van der Waals surface area contributed by atoms with Crippen LogP contribution in [0, 0.1) is 0 Å². The van der Waals surface area contributed by atoms with Gasteiger partial charge in [0, 0.05) is 27.5 Å². The van der Waals surface area contributed by atoms with Crippen LogP contribution in [-0.4, -0.2) is 15.0 Å². The van der Waals surface area contributed by atoms with E-state index < -0.39 is 0 Å². The standard InChI is InChI=1S/C38H27N3O/c1-3-11-26(12-4-2)36-39-37(27-13-6-5-7-14-27)41-38(40-36)30-16-10-15-28(23-30)29-20-19-25-21-22-34-35(32(25)24-29)31-17-8-9-18-33(31)42-34/h3-24H,1H2,2H3/b12-4-,26-11+. The molecule has 7 rings (SSSR count). The molecule has 0 N–H and O–H groups in total. The van der Waals surface area contributed by atoms with Gasteiger partial charge < -0.3 is 4.42 Å². The van der Waals surface area contributed by atoms with Crippen LogP contribution in [0.25, 0.3) is 72.2 Å². The summed E-state index contributed by atoms with van der Waals surface area (Å²) in [7, 11) is 0. The van der Waals surface area contributed by atoms with Gasteiger partial charge in [-0.15, -0.1) is 0 Å². The molecule has 0 atom stereocenters. The second-order valence-corrected chi connectivity index (χ2v) is 10.1. The van der Waals surface area contributed by atoms with E-state index in [0.29, 0.717) is 17.5 Å². The van der Waals surface area contributed by atoms with Crippen LogP contribution in [0.3, 0.4) is 0 Å². The molecule has 0 unspecified atom stereocenters. The molecule has 4 heteroatoms. The molecule has 0 bridgehead atoms. The highest BCUT2D eigenvalue weighted by Gasteiger charge is 2.14. The zero-order chi connectivity index (χ0) is 28.5. The van der Waals surface area contributed by atoms with E-state index in [4.69, 9.17) is 19.4 Å². The lowest BCUT2D eigenvalue weighted by atomic mass is 9.97. The summed E-state index contributed by atoms with van der Waals surface area (Å²) in [6.45, 7) is 5.86. The molecule has 42 heavy (non-hydrogen) atoms. The van der Waals surface area contributed by atoms with Crippen LogP contribution in [0.2, 0.25) is 0 Å². The topological polar surface area (TPSA) is 51.8 Å². The average Bonchev–Trinajstić information content (AvgIpc) is 3.44. The van der Waals surface area contributed by atoms with Gasteiger partial charge in [-0.25, -0.2) is 15.0 Å². The smallest absolute Gasteiger partial charge is 0.164 e. The van der Waals surface area contributed by atoms with Crippen LogP contribution in [0.1, 0.15) is 12.7 Å². The average molecular weight is 542 g/mol. The normalized spacial score (nSPS) is 12.1. The maximum absolute atomic E-state index is 6.16. The van der Waals surface area contributed by atoms with Gasteiger partial charge in [0.1, 0.15) is 11.2 Å². The SMILES string of the molecule is C=C/C=C(\C=C/C)c1nc(-c2ccccc2)nc(-c2cccc(-c3ccc4ccc5oc6ccccc6c5c4c3)c2)n1. The van der Waals surface area contributed by atoms with E-state index in [2.05, 4.69) is 67.2 Å². The largest absolute Gasteiger partial charge is 0.456 e. The maximum Gasteiger partial charge on any atom is 0.164 e. The number of fused-ring (bicyclic) bond motifs is 5. The summed E-state index contributed by atoms with van der Waals surface area (Å²) < 4.78 is 6.16. The van der Waals surface area contributed by atoms with Crippen molar-refractivity contribution in [2.45, 2.75) is 6.92 Å². The van der Waals surface area contributed by atoms with Gasteiger partial charge in [-0.1, -0.05) is 116 Å². The number of hydrogen-bond acceptors (Lipinski definition) is 4. The molecule has 4 nitrogen and oxygen atoms in total. The lowest BCUT2D eigenvalue weighted by Gasteiger charge is -2.10. The predicted octanol–water partition coefficient (Wildman–Crippen LogP) is 10.1. The first-order valence-corrected chi connectivity index (χ1v) is 13.9. The number of rotatable bonds is 6. The number of para-hydroxylation sites is 1. The second-order valence-electron chi connectivity index (χ2n) is 10.1. The summed E-state index contributed by atoms with van der Waals surface area (Å²) in [6, 6.07) is 37.4. The predicted molar refractivity (Wildman–Crippen MR) is 174 cm³/mol. The highest BCUT2D eigenvalue weighted by atomic mass is 16.3. The number of nitrogens with zero attached hydrogens (tertiary/aromatic N) is 3.